The number of ether oxygens (including phenoxy) is 2. The van der Waals surface area contributed by atoms with Gasteiger partial charge in [0.15, 0.2) is 18.1 Å². The van der Waals surface area contributed by atoms with Gasteiger partial charge in [0.25, 0.3) is 11.8 Å². The normalized spacial score (nSPS) is 13.6. The summed E-state index contributed by atoms with van der Waals surface area (Å²) in [4.78, 5) is 26.2. The molecule has 0 saturated carbocycles. The molecule has 2 aromatic rings. The molecule has 0 bridgehead atoms. The Morgan fingerprint density at radius 3 is 2.73 bits per heavy atom. The first kappa shape index (κ1) is 21.0. The molecule has 1 fully saturated rings. The quantitative estimate of drug-likeness (QED) is 0.531. The summed E-state index contributed by atoms with van der Waals surface area (Å²) in [6, 6.07) is 10.3. The van der Waals surface area contributed by atoms with Crippen LogP contribution in [0.25, 0.3) is 6.08 Å². The lowest BCUT2D eigenvalue weighted by atomic mass is 10.1. The molecule has 1 saturated heterocycles. The number of hydrogen-bond donors (Lipinski definition) is 1. The van der Waals surface area contributed by atoms with Crippen molar-refractivity contribution in [2.45, 2.75) is 19.4 Å². The molecule has 1 aliphatic rings. The molecule has 0 radical (unpaired) electrons. The van der Waals surface area contributed by atoms with Gasteiger partial charge < -0.3 is 24.1 Å². The van der Waals surface area contributed by atoms with Crippen molar-refractivity contribution in [1.82, 2.24) is 10.2 Å². The number of carbonyl (C=O) groups is 2. The smallest absolute Gasteiger partial charge is 0.262 e. The molecule has 1 N–H and O–H groups in total. The standard InChI is InChI=1S/C22H23N3O5/c1-28-20-12-16(6-7-19(20)30-15-21(26)25-8-2-3-9-25)11-17(13-23)22(27)24-14-18-5-4-10-29-18/h4-7,10-12H,2-3,8-9,14-15H2,1H3,(H,24,27)/b17-11+. The maximum atomic E-state index is 12.3. The van der Waals surface area contributed by atoms with Crippen molar-refractivity contribution in [1.29, 1.82) is 5.26 Å². The summed E-state index contributed by atoms with van der Waals surface area (Å²) >= 11 is 0. The molecule has 0 spiro atoms. The van der Waals surface area contributed by atoms with Crippen LogP contribution in [-0.2, 0) is 16.1 Å². The van der Waals surface area contributed by atoms with E-state index < -0.39 is 5.91 Å². The maximum absolute atomic E-state index is 12.3. The molecular formula is C22H23N3O5. The summed E-state index contributed by atoms with van der Waals surface area (Å²) < 4.78 is 16.1. The Balaban J connectivity index is 1.65. The highest BCUT2D eigenvalue weighted by atomic mass is 16.5. The predicted octanol–water partition coefficient (Wildman–Crippen LogP) is 2.51. The van der Waals surface area contributed by atoms with Crippen LogP contribution in [0.3, 0.4) is 0 Å². The molecule has 156 valence electrons. The summed E-state index contributed by atoms with van der Waals surface area (Å²) in [6.07, 6.45) is 5.01. The Labute approximate surface area is 174 Å². The minimum Gasteiger partial charge on any atom is -0.493 e. The SMILES string of the molecule is COc1cc(/C=C(\C#N)C(=O)NCc2ccco2)ccc1OCC(=O)N1CCCC1. The van der Waals surface area contributed by atoms with Crippen LogP contribution >= 0.6 is 0 Å². The molecule has 0 unspecified atom stereocenters. The first-order valence-electron chi connectivity index (χ1n) is 9.61. The number of carbonyl (C=O) groups excluding carboxylic acids is 2. The van der Waals surface area contributed by atoms with Gasteiger partial charge in [-0.15, -0.1) is 0 Å². The lowest BCUT2D eigenvalue weighted by Gasteiger charge is -2.16. The maximum Gasteiger partial charge on any atom is 0.262 e. The zero-order valence-electron chi connectivity index (χ0n) is 16.7. The van der Waals surface area contributed by atoms with Crippen LogP contribution in [0.1, 0.15) is 24.2 Å². The number of nitriles is 1. The highest BCUT2D eigenvalue weighted by Crippen LogP contribution is 2.29. The molecule has 8 heteroatoms. The monoisotopic (exact) mass is 409 g/mol. The number of furan rings is 1. The first-order chi connectivity index (χ1) is 14.6. The van der Waals surface area contributed by atoms with Gasteiger partial charge in [-0.25, -0.2) is 0 Å². The van der Waals surface area contributed by atoms with Crippen molar-refractivity contribution >= 4 is 17.9 Å². The van der Waals surface area contributed by atoms with Crippen molar-refractivity contribution in [2.24, 2.45) is 0 Å². The summed E-state index contributed by atoms with van der Waals surface area (Å²) in [5.74, 6) is 0.851. The third-order valence-electron chi connectivity index (χ3n) is 4.68. The van der Waals surface area contributed by atoms with Gasteiger partial charge in [-0.3, -0.25) is 9.59 Å². The van der Waals surface area contributed by atoms with Crippen LogP contribution in [0.15, 0.2) is 46.6 Å². The van der Waals surface area contributed by atoms with E-state index in [-0.39, 0.29) is 24.6 Å². The summed E-state index contributed by atoms with van der Waals surface area (Å²) in [5, 5.41) is 12.0. The van der Waals surface area contributed by atoms with E-state index in [0.717, 1.165) is 25.9 Å². The average molecular weight is 409 g/mol. The Morgan fingerprint density at radius 1 is 1.27 bits per heavy atom. The van der Waals surface area contributed by atoms with Crippen LogP contribution in [0.5, 0.6) is 11.5 Å². The lowest BCUT2D eigenvalue weighted by Crippen LogP contribution is -2.32. The van der Waals surface area contributed by atoms with Crippen molar-refractivity contribution in [3.63, 3.8) is 0 Å². The van der Waals surface area contributed by atoms with E-state index in [4.69, 9.17) is 13.9 Å². The van der Waals surface area contributed by atoms with Gasteiger partial charge in [0, 0.05) is 13.1 Å². The largest absolute Gasteiger partial charge is 0.493 e. The van der Waals surface area contributed by atoms with Crippen LogP contribution in [0.2, 0.25) is 0 Å². The minimum atomic E-state index is -0.510. The van der Waals surface area contributed by atoms with Crippen molar-refractivity contribution in [2.75, 3.05) is 26.8 Å². The van der Waals surface area contributed by atoms with Crippen LogP contribution in [0, 0.1) is 11.3 Å². The second-order valence-corrected chi connectivity index (χ2v) is 6.72. The Kier molecular flexibility index (Phi) is 7.11. The molecule has 0 atom stereocenters. The molecule has 1 aromatic heterocycles. The summed E-state index contributed by atoms with van der Waals surface area (Å²) in [5.41, 5.74) is 0.538. The molecule has 1 aromatic carbocycles. The van der Waals surface area contributed by atoms with Gasteiger partial charge in [-0.05, 0) is 48.7 Å². The van der Waals surface area contributed by atoms with Gasteiger partial charge in [0.05, 0.1) is 19.9 Å². The Morgan fingerprint density at radius 2 is 2.07 bits per heavy atom. The number of amides is 2. The second-order valence-electron chi connectivity index (χ2n) is 6.72. The number of hydrogen-bond acceptors (Lipinski definition) is 6. The second kappa shape index (κ2) is 10.2. The average Bonchev–Trinajstić information content (AvgIpc) is 3.48. The molecule has 3 rings (SSSR count). The number of benzene rings is 1. The molecule has 0 aliphatic carbocycles. The summed E-state index contributed by atoms with van der Waals surface area (Å²) in [7, 11) is 1.49. The Bertz CT molecular complexity index is 954. The van der Waals surface area contributed by atoms with Crippen molar-refractivity contribution in [3.8, 4) is 17.6 Å². The van der Waals surface area contributed by atoms with E-state index in [2.05, 4.69) is 5.32 Å². The minimum absolute atomic E-state index is 0.0542. The molecule has 8 nitrogen and oxygen atoms in total. The fraction of sp³-hybridized carbons (Fsp3) is 0.318. The molecule has 1 aliphatic heterocycles. The van der Waals surface area contributed by atoms with E-state index in [1.807, 2.05) is 6.07 Å². The number of rotatable bonds is 8. The van der Waals surface area contributed by atoms with E-state index >= 15 is 0 Å². The topological polar surface area (TPSA) is 105 Å². The fourth-order valence-corrected chi connectivity index (χ4v) is 3.08. The molecule has 2 amide bonds. The van der Waals surface area contributed by atoms with Crippen molar-refractivity contribution in [3.05, 3.63) is 53.5 Å². The first-order valence-corrected chi connectivity index (χ1v) is 9.61. The highest BCUT2D eigenvalue weighted by molar-refractivity contribution is 6.01. The predicted molar refractivity (Wildman–Crippen MR) is 108 cm³/mol. The van der Waals surface area contributed by atoms with Crippen LogP contribution in [-0.4, -0.2) is 43.5 Å². The van der Waals surface area contributed by atoms with Crippen LogP contribution < -0.4 is 14.8 Å². The zero-order chi connectivity index (χ0) is 21.3. The summed E-state index contributed by atoms with van der Waals surface area (Å²) in [6.45, 7) is 1.65. The zero-order valence-corrected chi connectivity index (χ0v) is 16.7. The fourth-order valence-electron chi connectivity index (χ4n) is 3.08. The third-order valence-corrected chi connectivity index (χ3v) is 4.68. The highest BCUT2D eigenvalue weighted by Gasteiger charge is 2.19. The van der Waals surface area contributed by atoms with E-state index in [1.54, 1.807) is 35.2 Å². The molecule has 2 heterocycles. The Hall–Kier alpha value is -3.73. The number of nitrogens with zero attached hydrogens (tertiary/aromatic N) is 2. The van der Waals surface area contributed by atoms with E-state index in [9.17, 15) is 14.9 Å². The van der Waals surface area contributed by atoms with Gasteiger partial charge in [-0.1, -0.05) is 6.07 Å². The van der Waals surface area contributed by atoms with E-state index in [0.29, 0.717) is 22.8 Å². The van der Waals surface area contributed by atoms with Crippen LogP contribution in [0.4, 0.5) is 0 Å². The van der Waals surface area contributed by atoms with Crippen molar-refractivity contribution < 1.29 is 23.5 Å². The van der Waals surface area contributed by atoms with E-state index in [1.165, 1.54) is 19.4 Å². The van der Waals surface area contributed by atoms with Gasteiger partial charge in [0.2, 0.25) is 0 Å². The lowest BCUT2D eigenvalue weighted by molar-refractivity contribution is -0.132. The van der Waals surface area contributed by atoms with Gasteiger partial charge in [0.1, 0.15) is 17.4 Å². The van der Waals surface area contributed by atoms with Gasteiger partial charge >= 0.3 is 0 Å². The molecular weight excluding hydrogens is 386 g/mol. The third kappa shape index (κ3) is 5.41. The molecule has 30 heavy (non-hydrogen) atoms. The number of likely N-dealkylation sites (tertiary alicyclic amines) is 1. The van der Waals surface area contributed by atoms with Gasteiger partial charge in [-0.2, -0.15) is 5.26 Å². The number of nitrogens with one attached hydrogen (secondary N) is 1. The number of methoxy groups -OCH3 is 1.